The van der Waals surface area contributed by atoms with E-state index < -0.39 is 0 Å². The fourth-order valence-electron chi connectivity index (χ4n) is 2.90. The average molecular weight is 364 g/mol. The number of likely N-dealkylation sites (tertiary alicyclic amines) is 1. The number of carbonyl (C=O) groups is 2. The Morgan fingerprint density at radius 2 is 2.20 bits per heavy atom. The fourth-order valence-corrected chi connectivity index (χ4v) is 3.01. The van der Waals surface area contributed by atoms with Crippen molar-refractivity contribution in [3.8, 4) is 0 Å². The number of anilines is 1. The molecule has 1 aliphatic rings. The molecule has 0 spiro atoms. The zero-order valence-electron chi connectivity index (χ0n) is 13.7. The molecular weight excluding hydrogens is 346 g/mol. The van der Waals surface area contributed by atoms with Gasteiger partial charge >= 0.3 is 0 Å². The van der Waals surface area contributed by atoms with Crippen molar-refractivity contribution >= 4 is 29.2 Å². The second kappa shape index (κ2) is 7.10. The van der Waals surface area contributed by atoms with Gasteiger partial charge in [0, 0.05) is 32.4 Å². The highest BCUT2D eigenvalue weighted by molar-refractivity contribution is 6.30. The maximum atomic E-state index is 12.6. The molecule has 3 rings (SSSR count). The summed E-state index contributed by atoms with van der Waals surface area (Å²) >= 11 is 5.78. The minimum atomic E-state index is -0.328. The molecular formula is C16H18ClN5O3. The number of H-pyrrole nitrogens is 1. The molecule has 3 heterocycles. The van der Waals surface area contributed by atoms with Crippen LogP contribution in [0, 0.1) is 5.92 Å². The standard InChI is InChI=1S/C16H18ClN5O3/c1-21-12(7-14(23)20-21)16(25)22-6-2-3-10(9-22)15(24)19-13-5-4-11(17)8-18-13/h4-5,7-8,10H,2-3,6,9H2,1H3,(H,20,23)(H,18,19,24). The number of hydrogen-bond acceptors (Lipinski definition) is 4. The second-order valence-electron chi connectivity index (χ2n) is 6.01. The molecule has 1 saturated heterocycles. The normalized spacial score (nSPS) is 17.4. The zero-order valence-corrected chi connectivity index (χ0v) is 14.4. The molecule has 9 heteroatoms. The molecule has 0 saturated carbocycles. The van der Waals surface area contributed by atoms with E-state index in [1.807, 2.05) is 0 Å². The van der Waals surface area contributed by atoms with Crippen LogP contribution in [0.4, 0.5) is 5.82 Å². The molecule has 25 heavy (non-hydrogen) atoms. The van der Waals surface area contributed by atoms with Crippen LogP contribution in [0.2, 0.25) is 5.02 Å². The topological polar surface area (TPSA) is 100 Å². The molecule has 2 N–H and O–H groups in total. The Bertz CT molecular complexity index is 842. The van der Waals surface area contributed by atoms with E-state index in [1.165, 1.54) is 16.9 Å². The highest BCUT2D eigenvalue weighted by atomic mass is 35.5. The predicted molar refractivity (Wildman–Crippen MR) is 92.5 cm³/mol. The first-order chi connectivity index (χ1) is 11.9. The monoisotopic (exact) mass is 363 g/mol. The van der Waals surface area contributed by atoms with Gasteiger partial charge in [0.05, 0.1) is 10.9 Å². The highest BCUT2D eigenvalue weighted by Crippen LogP contribution is 2.20. The van der Waals surface area contributed by atoms with Crippen molar-refractivity contribution in [1.82, 2.24) is 19.7 Å². The Morgan fingerprint density at radius 3 is 2.84 bits per heavy atom. The van der Waals surface area contributed by atoms with E-state index in [0.29, 0.717) is 30.4 Å². The fraction of sp³-hybridized carbons (Fsp3) is 0.375. The van der Waals surface area contributed by atoms with Crippen LogP contribution < -0.4 is 10.9 Å². The van der Waals surface area contributed by atoms with Crippen molar-refractivity contribution < 1.29 is 9.59 Å². The van der Waals surface area contributed by atoms with Crippen LogP contribution in [0.15, 0.2) is 29.2 Å². The van der Waals surface area contributed by atoms with Crippen molar-refractivity contribution in [3.05, 3.63) is 45.5 Å². The number of aromatic amines is 1. The summed E-state index contributed by atoms with van der Waals surface area (Å²) in [5.41, 5.74) is -0.0450. The molecule has 0 aromatic carbocycles. The number of nitrogens with one attached hydrogen (secondary N) is 2. The van der Waals surface area contributed by atoms with E-state index >= 15 is 0 Å². The largest absolute Gasteiger partial charge is 0.337 e. The minimum Gasteiger partial charge on any atom is -0.337 e. The van der Waals surface area contributed by atoms with Gasteiger partial charge in [-0.15, -0.1) is 0 Å². The molecule has 132 valence electrons. The first-order valence-electron chi connectivity index (χ1n) is 7.92. The zero-order chi connectivity index (χ0) is 18.0. The summed E-state index contributed by atoms with van der Waals surface area (Å²) < 4.78 is 1.39. The van der Waals surface area contributed by atoms with Crippen molar-refractivity contribution in [2.45, 2.75) is 12.8 Å². The number of rotatable bonds is 3. The van der Waals surface area contributed by atoms with Crippen LogP contribution in [0.5, 0.6) is 0 Å². The maximum absolute atomic E-state index is 12.6. The van der Waals surface area contributed by atoms with Crippen LogP contribution in [0.3, 0.4) is 0 Å². The lowest BCUT2D eigenvalue weighted by atomic mass is 9.97. The summed E-state index contributed by atoms with van der Waals surface area (Å²) in [5.74, 6) is -0.352. The first kappa shape index (κ1) is 17.2. The van der Waals surface area contributed by atoms with Gasteiger partial charge in [-0.05, 0) is 25.0 Å². The molecule has 0 radical (unpaired) electrons. The van der Waals surface area contributed by atoms with Crippen LogP contribution in [0.25, 0.3) is 0 Å². The number of nitrogens with zero attached hydrogens (tertiary/aromatic N) is 3. The molecule has 2 amide bonds. The minimum absolute atomic E-state index is 0.185. The Kier molecular flexibility index (Phi) is 4.89. The lowest BCUT2D eigenvalue weighted by molar-refractivity contribution is -0.121. The number of piperidine rings is 1. The summed E-state index contributed by atoms with van der Waals surface area (Å²) in [6.07, 6.45) is 2.87. The number of hydrogen-bond donors (Lipinski definition) is 2. The van der Waals surface area contributed by atoms with E-state index in [4.69, 9.17) is 11.6 Å². The quantitative estimate of drug-likeness (QED) is 0.857. The van der Waals surface area contributed by atoms with Crippen molar-refractivity contribution in [3.63, 3.8) is 0 Å². The van der Waals surface area contributed by atoms with Crippen LogP contribution in [-0.4, -0.2) is 44.6 Å². The molecule has 8 nitrogen and oxygen atoms in total. The number of halogens is 1. The third-order valence-corrected chi connectivity index (χ3v) is 4.41. The Labute approximate surface area is 148 Å². The average Bonchev–Trinajstić information content (AvgIpc) is 2.94. The van der Waals surface area contributed by atoms with Crippen molar-refractivity contribution in [2.24, 2.45) is 13.0 Å². The van der Waals surface area contributed by atoms with E-state index in [1.54, 1.807) is 24.1 Å². The molecule has 1 unspecified atom stereocenters. The maximum Gasteiger partial charge on any atom is 0.272 e. The SMILES string of the molecule is Cn1[nH]c(=O)cc1C(=O)N1CCCC(C(=O)Nc2ccc(Cl)cn2)C1. The Morgan fingerprint density at radius 1 is 1.40 bits per heavy atom. The van der Waals surface area contributed by atoms with Gasteiger partial charge in [-0.3, -0.25) is 24.2 Å². The van der Waals surface area contributed by atoms with Gasteiger partial charge in [0.1, 0.15) is 11.5 Å². The molecule has 1 fully saturated rings. The number of aryl methyl sites for hydroxylation is 1. The van der Waals surface area contributed by atoms with Gasteiger partial charge in [0.25, 0.3) is 11.5 Å². The summed E-state index contributed by atoms with van der Waals surface area (Å²) in [5, 5.41) is 5.75. The van der Waals surface area contributed by atoms with E-state index in [2.05, 4.69) is 15.4 Å². The van der Waals surface area contributed by atoms with E-state index in [9.17, 15) is 14.4 Å². The third-order valence-electron chi connectivity index (χ3n) is 4.18. The number of pyridine rings is 1. The van der Waals surface area contributed by atoms with Crippen molar-refractivity contribution in [1.29, 1.82) is 0 Å². The van der Waals surface area contributed by atoms with E-state index in [0.717, 1.165) is 6.42 Å². The summed E-state index contributed by atoms with van der Waals surface area (Å²) in [7, 11) is 1.61. The van der Waals surface area contributed by atoms with Gasteiger partial charge < -0.3 is 10.2 Å². The smallest absolute Gasteiger partial charge is 0.272 e. The first-order valence-corrected chi connectivity index (χ1v) is 8.29. The highest BCUT2D eigenvalue weighted by Gasteiger charge is 2.30. The van der Waals surface area contributed by atoms with Crippen LogP contribution >= 0.6 is 11.6 Å². The van der Waals surface area contributed by atoms with Crippen LogP contribution in [-0.2, 0) is 11.8 Å². The summed E-state index contributed by atoms with van der Waals surface area (Å²) in [6.45, 7) is 0.860. The third kappa shape index (κ3) is 3.90. The summed E-state index contributed by atoms with van der Waals surface area (Å²) in [6, 6.07) is 4.54. The van der Waals surface area contributed by atoms with Gasteiger partial charge in [-0.25, -0.2) is 4.98 Å². The number of aromatic nitrogens is 3. The second-order valence-corrected chi connectivity index (χ2v) is 6.44. The van der Waals surface area contributed by atoms with Gasteiger partial charge in [-0.1, -0.05) is 11.6 Å². The predicted octanol–water partition coefficient (Wildman–Crippen LogP) is 1.25. The molecule has 2 aromatic rings. The lowest BCUT2D eigenvalue weighted by Crippen LogP contribution is -2.44. The number of carbonyl (C=O) groups excluding carboxylic acids is 2. The molecule has 1 atom stereocenters. The van der Waals surface area contributed by atoms with Crippen LogP contribution in [0.1, 0.15) is 23.3 Å². The number of amides is 2. The molecule has 2 aromatic heterocycles. The summed E-state index contributed by atoms with van der Waals surface area (Å²) in [4.78, 5) is 42.0. The molecule has 1 aliphatic heterocycles. The van der Waals surface area contributed by atoms with Gasteiger partial charge in [0.15, 0.2) is 0 Å². The Balaban J connectivity index is 1.67. The van der Waals surface area contributed by atoms with Crippen molar-refractivity contribution in [2.75, 3.05) is 18.4 Å². The molecule has 0 bridgehead atoms. The lowest BCUT2D eigenvalue weighted by Gasteiger charge is -2.31. The Hall–Kier alpha value is -2.61. The molecule has 0 aliphatic carbocycles. The van der Waals surface area contributed by atoms with E-state index in [-0.39, 0.29) is 29.0 Å². The van der Waals surface area contributed by atoms with Gasteiger partial charge in [0.2, 0.25) is 5.91 Å². The van der Waals surface area contributed by atoms with Gasteiger partial charge in [-0.2, -0.15) is 0 Å².